The summed E-state index contributed by atoms with van der Waals surface area (Å²) in [4.78, 5) is 11.1. The minimum absolute atomic E-state index is 0. The summed E-state index contributed by atoms with van der Waals surface area (Å²) < 4.78 is 0. The molecule has 0 heterocycles. The third-order valence-electron chi connectivity index (χ3n) is 1.94. The van der Waals surface area contributed by atoms with Crippen molar-refractivity contribution in [3.63, 3.8) is 0 Å². The second kappa shape index (κ2) is 6.92. The van der Waals surface area contributed by atoms with Crippen LogP contribution in [0.5, 0.6) is 0 Å². The zero-order valence-electron chi connectivity index (χ0n) is 7.88. The van der Waals surface area contributed by atoms with E-state index in [2.05, 4.69) is 22.8 Å². The third kappa shape index (κ3) is 4.90. The number of rotatable bonds is 3. The minimum atomic E-state index is 0. The molecule has 0 aromatic heterocycles. The molecule has 0 saturated heterocycles. The molecule has 0 aliphatic heterocycles. The van der Waals surface area contributed by atoms with Gasteiger partial charge in [-0.15, -0.1) is 12.4 Å². The molecule has 1 amide bonds. The van der Waals surface area contributed by atoms with Crippen LogP contribution >= 0.6 is 12.4 Å². The lowest BCUT2D eigenvalue weighted by Gasteiger charge is -2.17. The van der Waals surface area contributed by atoms with Gasteiger partial charge >= 0.3 is 0 Å². The van der Waals surface area contributed by atoms with E-state index in [1.807, 2.05) is 0 Å². The highest BCUT2D eigenvalue weighted by Gasteiger charge is 2.09. The maximum atomic E-state index is 11.1. The standard InChI is InChI=1S/C9H16N2O.ClH/c1-10-7-9(12)11-8-5-3-2-4-6-8;/h3,5,8,10H,2,4,6-7H2,1H3,(H,11,12);1H. The molecule has 0 spiro atoms. The first kappa shape index (κ1) is 12.5. The van der Waals surface area contributed by atoms with Crippen molar-refractivity contribution >= 4 is 18.3 Å². The summed E-state index contributed by atoms with van der Waals surface area (Å²) in [5, 5.41) is 5.75. The van der Waals surface area contributed by atoms with Gasteiger partial charge in [0.25, 0.3) is 0 Å². The van der Waals surface area contributed by atoms with Gasteiger partial charge in [-0.2, -0.15) is 0 Å². The smallest absolute Gasteiger partial charge is 0.234 e. The van der Waals surface area contributed by atoms with Gasteiger partial charge in [0.1, 0.15) is 0 Å². The number of halogens is 1. The van der Waals surface area contributed by atoms with Gasteiger partial charge in [-0.3, -0.25) is 4.79 Å². The van der Waals surface area contributed by atoms with Gasteiger partial charge in [0, 0.05) is 6.04 Å². The fourth-order valence-corrected chi connectivity index (χ4v) is 1.35. The average molecular weight is 205 g/mol. The van der Waals surface area contributed by atoms with Crippen molar-refractivity contribution in [2.24, 2.45) is 0 Å². The summed E-state index contributed by atoms with van der Waals surface area (Å²) >= 11 is 0. The van der Waals surface area contributed by atoms with Crippen LogP contribution in [0.15, 0.2) is 12.2 Å². The summed E-state index contributed by atoms with van der Waals surface area (Å²) in [6.45, 7) is 0.407. The molecule has 3 nitrogen and oxygen atoms in total. The Morgan fingerprint density at radius 1 is 1.62 bits per heavy atom. The lowest BCUT2D eigenvalue weighted by Crippen LogP contribution is -2.39. The summed E-state index contributed by atoms with van der Waals surface area (Å²) in [7, 11) is 1.77. The molecular formula is C9H17ClN2O. The molecule has 0 radical (unpaired) electrons. The molecule has 0 saturated carbocycles. The Balaban J connectivity index is 0.00000144. The van der Waals surface area contributed by atoms with Crippen molar-refractivity contribution in [1.29, 1.82) is 0 Å². The Kier molecular flexibility index (Phi) is 6.63. The molecule has 2 N–H and O–H groups in total. The Hall–Kier alpha value is -0.540. The molecule has 1 rings (SSSR count). The fourth-order valence-electron chi connectivity index (χ4n) is 1.35. The summed E-state index contributed by atoms with van der Waals surface area (Å²) in [5.74, 6) is 0.0778. The molecule has 1 unspecified atom stereocenters. The maximum Gasteiger partial charge on any atom is 0.234 e. The maximum absolute atomic E-state index is 11.1. The van der Waals surface area contributed by atoms with Crippen LogP contribution in [0.1, 0.15) is 19.3 Å². The van der Waals surface area contributed by atoms with Gasteiger partial charge < -0.3 is 10.6 Å². The number of amides is 1. The van der Waals surface area contributed by atoms with Gasteiger partial charge in [0.15, 0.2) is 0 Å². The lowest BCUT2D eigenvalue weighted by atomic mass is 10.0. The number of nitrogens with one attached hydrogen (secondary N) is 2. The summed E-state index contributed by atoms with van der Waals surface area (Å²) in [5.41, 5.74) is 0. The Labute approximate surface area is 85.4 Å². The first-order valence-electron chi connectivity index (χ1n) is 4.43. The van der Waals surface area contributed by atoms with Crippen molar-refractivity contribution in [2.45, 2.75) is 25.3 Å². The van der Waals surface area contributed by atoms with Crippen LogP contribution in [0.3, 0.4) is 0 Å². The van der Waals surface area contributed by atoms with E-state index >= 15 is 0 Å². The van der Waals surface area contributed by atoms with Crippen LogP contribution in [0, 0.1) is 0 Å². The normalized spacial score (nSPS) is 20.5. The van der Waals surface area contributed by atoms with Gasteiger partial charge in [0.2, 0.25) is 5.91 Å². The fraction of sp³-hybridized carbons (Fsp3) is 0.667. The number of hydrogen-bond donors (Lipinski definition) is 2. The van der Waals surface area contributed by atoms with Crippen molar-refractivity contribution < 1.29 is 4.79 Å². The molecular weight excluding hydrogens is 188 g/mol. The monoisotopic (exact) mass is 204 g/mol. The third-order valence-corrected chi connectivity index (χ3v) is 1.94. The second-order valence-corrected chi connectivity index (χ2v) is 3.06. The molecule has 76 valence electrons. The molecule has 0 bridgehead atoms. The zero-order chi connectivity index (χ0) is 8.81. The molecule has 0 fully saturated rings. The first-order valence-corrected chi connectivity index (χ1v) is 4.43. The lowest BCUT2D eigenvalue weighted by molar-refractivity contribution is -0.120. The topological polar surface area (TPSA) is 41.1 Å². The predicted molar refractivity (Wildman–Crippen MR) is 56.1 cm³/mol. The molecule has 0 aromatic carbocycles. The number of hydrogen-bond acceptors (Lipinski definition) is 2. The van der Waals surface area contributed by atoms with E-state index in [-0.39, 0.29) is 24.4 Å². The Bertz CT molecular complexity index is 182. The van der Waals surface area contributed by atoms with Gasteiger partial charge in [0.05, 0.1) is 6.54 Å². The number of carbonyl (C=O) groups is 1. The van der Waals surface area contributed by atoms with Gasteiger partial charge in [-0.1, -0.05) is 12.2 Å². The van der Waals surface area contributed by atoms with E-state index in [0.717, 1.165) is 12.8 Å². The zero-order valence-corrected chi connectivity index (χ0v) is 8.69. The van der Waals surface area contributed by atoms with Crippen molar-refractivity contribution in [3.05, 3.63) is 12.2 Å². The van der Waals surface area contributed by atoms with E-state index in [0.29, 0.717) is 6.54 Å². The molecule has 0 aromatic rings. The van der Waals surface area contributed by atoms with Crippen LogP contribution in [0.25, 0.3) is 0 Å². The Morgan fingerprint density at radius 3 is 2.92 bits per heavy atom. The minimum Gasteiger partial charge on any atom is -0.349 e. The van der Waals surface area contributed by atoms with E-state index in [1.165, 1.54) is 6.42 Å². The Morgan fingerprint density at radius 2 is 2.38 bits per heavy atom. The quantitative estimate of drug-likeness (QED) is 0.670. The number of carbonyl (C=O) groups excluding carboxylic acids is 1. The van der Waals surface area contributed by atoms with Crippen LogP contribution in [-0.2, 0) is 4.79 Å². The van der Waals surface area contributed by atoms with Crippen LogP contribution in [0.2, 0.25) is 0 Å². The van der Waals surface area contributed by atoms with Crippen LogP contribution in [0.4, 0.5) is 0 Å². The highest BCUT2D eigenvalue weighted by molar-refractivity contribution is 5.85. The highest BCUT2D eigenvalue weighted by atomic mass is 35.5. The van der Waals surface area contributed by atoms with E-state index in [4.69, 9.17) is 0 Å². The predicted octanol–water partition coefficient (Wildman–Crippen LogP) is 0.852. The van der Waals surface area contributed by atoms with E-state index in [1.54, 1.807) is 7.05 Å². The van der Waals surface area contributed by atoms with Crippen molar-refractivity contribution in [3.8, 4) is 0 Å². The second-order valence-electron chi connectivity index (χ2n) is 3.06. The molecule has 4 heteroatoms. The average Bonchev–Trinajstić information content (AvgIpc) is 2.06. The van der Waals surface area contributed by atoms with Crippen molar-refractivity contribution in [2.75, 3.05) is 13.6 Å². The largest absolute Gasteiger partial charge is 0.349 e. The first-order chi connectivity index (χ1) is 5.83. The highest BCUT2D eigenvalue weighted by Crippen LogP contribution is 2.09. The molecule has 13 heavy (non-hydrogen) atoms. The van der Waals surface area contributed by atoms with Gasteiger partial charge in [-0.25, -0.2) is 0 Å². The van der Waals surface area contributed by atoms with E-state index in [9.17, 15) is 4.79 Å². The number of allylic oxidation sites excluding steroid dienone is 1. The van der Waals surface area contributed by atoms with E-state index < -0.39 is 0 Å². The number of likely N-dealkylation sites (N-methyl/N-ethyl adjacent to an activating group) is 1. The summed E-state index contributed by atoms with van der Waals surface area (Å²) in [6.07, 6.45) is 7.62. The SMILES string of the molecule is CNCC(=O)NC1C=CCCC1.Cl. The summed E-state index contributed by atoms with van der Waals surface area (Å²) in [6, 6.07) is 0.264. The molecule has 1 atom stereocenters. The molecule has 1 aliphatic rings. The van der Waals surface area contributed by atoms with Crippen LogP contribution in [-0.4, -0.2) is 25.5 Å². The van der Waals surface area contributed by atoms with Crippen LogP contribution < -0.4 is 10.6 Å². The van der Waals surface area contributed by atoms with Crippen molar-refractivity contribution in [1.82, 2.24) is 10.6 Å². The van der Waals surface area contributed by atoms with Gasteiger partial charge in [-0.05, 0) is 26.3 Å². The molecule has 1 aliphatic carbocycles.